The van der Waals surface area contributed by atoms with E-state index in [2.05, 4.69) is 0 Å². The third-order valence-electron chi connectivity index (χ3n) is 4.76. The van der Waals surface area contributed by atoms with Crippen molar-refractivity contribution in [2.24, 2.45) is 0 Å². The molecule has 2 fully saturated rings. The lowest BCUT2D eigenvalue weighted by Crippen LogP contribution is -2.53. The zero-order valence-electron chi connectivity index (χ0n) is 13.6. The second kappa shape index (κ2) is 6.91. The van der Waals surface area contributed by atoms with Crippen LogP contribution in [0.2, 0.25) is 5.02 Å². The molecule has 2 aliphatic rings. The topological polar surface area (TPSA) is 60.9 Å². The van der Waals surface area contributed by atoms with E-state index in [9.17, 15) is 14.4 Å². The van der Waals surface area contributed by atoms with Gasteiger partial charge in [0.15, 0.2) is 0 Å². The molecule has 1 atom stereocenters. The summed E-state index contributed by atoms with van der Waals surface area (Å²) in [4.78, 5) is 41.2. The van der Waals surface area contributed by atoms with Crippen LogP contribution in [0.3, 0.4) is 0 Å². The Kier molecular flexibility index (Phi) is 4.87. The maximum absolute atomic E-state index is 12.4. The van der Waals surface area contributed by atoms with Gasteiger partial charge in [-0.15, -0.1) is 0 Å². The molecular weight excluding hydrogens is 330 g/mol. The van der Waals surface area contributed by atoms with Gasteiger partial charge in [-0.05, 0) is 11.6 Å². The van der Waals surface area contributed by atoms with Crippen LogP contribution in [0, 0.1) is 0 Å². The minimum Gasteiger partial charge on any atom is -0.340 e. The highest BCUT2D eigenvalue weighted by atomic mass is 35.5. The molecule has 1 unspecified atom stereocenters. The van der Waals surface area contributed by atoms with Crippen LogP contribution in [-0.2, 0) is 20.8 Å². The third-order valence-corrected chi connectivity index (χ3v) is 5.13. The lowest BCUT2D eigenvalue weighted by molar-refractivity contribution is -0.138. The molecule has 0 spiro atoms. The quantitative estimate of drug-likeness (QED) is 0.757. The van der Waals surface area contributed by atoms with Crippen molar-refractivity contribution in [1.29, 1.82) is 0 Å². The molecule has 0 bridgehead atoms. The zero-order valence-corrected chi connectivity index (χ0v) is 14.3. The highest BCUT2D eigenvalue weighted by Crippen LogP contribution is 2.20. The number of rotatable bonds is 3. The van der Waals surface area contributed by atoms with E-state index in [0.29, 0.717) is 31.2 Å². The monoisotopic (exact) mass is 349 g/mol. The molecule has 0 aliphatic carbocycles. The number of carbonyl (C=O) groups excluding carboxylic acids is 3. The summed E-state index contributed by atoms with van der Waals surface area (Å²) in [5.74, 6) is -0.244. The number of piperazine rings is 1. The van der Waals surface area contributed by atoms with E-state index in [1.807, 2.05) is 23.1 Å². The Morgan fingerprint density at radius 3 is 2.42 bits per heavy atom. The third kappa shape index (κ3) is 3.30. The maximum atomic E-state index is 12.4. The number of imide groups is 1. The van der Waals surface area contributed by atoms with Crippen molar-refractivity contribution in [2.75, 3.05) is 33.2 Å². The minimum atomic E-state index is -0.372. The number of halogens is 1. The highest BCUT2D eigenvalue weighted by Gasteiger charge is 2.40. The van der Waals surface area contributed by atoms with Crippen LogP contribution >= 0.6 is 11.6 Å². The van der Waals surface area contributed by atoms with Crippen molar-refractivity contribution in [3.05, 3.63) is 34.9 Å². The van der Waals surface area contributed by atoms with E-state index >= 15 is 0 Å². The smallest absolute Gasteiger partial charge is 0.246 e. The molecule has 6 nitrogen and oxygen atoms in total. The van der Waals surface area contributed by atoms with Gasteiger partial charge in [0.05, 0.1) is 18.9 Å². The molecule has 1 aromatic rings. The van der Waals surface area contributed by atoms with Gasteiger partial charge in [0.25, 0.3) is 0 Å². The molecule has 0 saturated carbocycles. The van der Waals surface area contributed by atoms with Crippen LogP contribution in [0.5, 0.6) is 0 Å². The summed E-state index contributed by atoms with van der Waals surface area (Å²) in [6.07, 6.45) is 0.520. The number of amides is 3. The van der Waals surface area contributed by atoms with E-state index in [0.717, 1.165) is 5.56 Å². The zero-order chi connectivity index (χ0) is 17.3. The van der Waals surface area contributed by atoms with Gasteiger partial charge in [0.1, 0.15) is 0 Å². The van der Waals surface area contributed by atoms with Crippen molar-refractivity contribution < 1.29 is 14.4 Å². The second-order valence-corrected chi connectivity index (χ2v) is 6.60. The first-order valence-corrected chi connectivity index (χ1v) is 8.41. The Morgan fingerprint density at radius 1 is 1.17 bits per heavy atom. The van der Waals surface area contributed by atoms with Crippen molar-refractivity contribution >= 4 is 29.3 Å². The normalized spacial score (nSPS) is 22.3. The fourth-order valence-electron chi connectivity index (χ4n) is 3.22. The van der Waals surface area contributed by atoms with Crippen LogP contribution in [0.25, 0.3) is 0 Å². The average Bonchev–Trinajstić information content (AvgIpc) is 2.84. The van der Waals surface area contributed by atoms with E-state index in [-0.39, 0.29) is 36.6 Å². The number of benzene rings is 1. The molecule has 0 N–H and O–H groups in total. The summed E-state index contributed by atoms with van der Waals surface area (Å²) in [7, 11) is 1.52. The van der Waals surface area contributed by atoms with E-state index in [4.69, 9.17) is 11.6 Å². The lowest BCUT2D eigenvalue weighted by Gasteiger charge is -2.37. The molecule has 2 saturated heterocycles. The number of hydrogen-bond acceptors (Lipinski definition) is 4. The Hall–Kier alpha value is -1.92. The van der Waals surface area contributed by atoms with E-state index in [1.54, 1.807) is 11.0 Å². The Morgan fingerprint density at radius 2 is 1.83 bits per heavy atom. The summed E-state index contributed by atoms with van der Waals surface area (Å²) >= 11 is 6.11. The lowest BCUT2D eigenvalue weighted by atomic mass is 10.1. The van der Waals surface area contributed by atoms with Gasteiger partial charge in [-0.25, -0.2) is 0 Å². The van der Waals surface area contributed by atoms with E-state index in [1.165, 1.54) is 11.9 Å². The van der Waals surface area contributed by atoms with Gasteiger partial charge in [-0.3, -0.25) is 24.2 Å². The highest BCUT2D eigenvalue weighted by molar-refractivity contribution is 6.31. The molecule has 128 valence electrons. The van der Waals surface area contributed by atoms with Crippen molar-refractivity contribution in [3.8, 4) is 0 Å². The summed E-state index contributed by atoms with van der Waals surface area (Å²) in [5.41, 5.74) is 0.824. The first kappa shape index (κ1) is 16.9. The van der Waals surface area contributed by atoms with Crippen LogP contribution in [0.4, 0.5) is 0 Å². The Balaban J connectivity index is 1.55. The summed E-state index contributed by atoms with van der Waals surface area (Å²) in [5, 5.41) is 0.600. The molecule has 2 aliphatic heterocycles. The number of likely N-dealkylation sites (tertiary alicyclic amines) is 1. The molecule has 3 amide bonds. The summed E-state index contributed by atoms with van der Waals surface area (Å²) < 4.78 is 0. The minimum absolute atomic E-state index is 0.0358. The molecule has 2 heterocycles. The van der Waals surface area contributed by atoms with Crippen molar-refractivity contribution in [1.82, 2.24) is 14.7 Å². The molecule has 0 aromatic heterocycles. The van der Waals surface area contributed by atoms with Crippen LogP contribution in [-0.4, -0.2) is 71.7 Å². The predicted octanol–water partition coefficient (Wildman–Crippen LogP) is 0.784. The van der Waals surface area contributed by atoms with Gasteiger partial charge >= 0.3 is 0 Å². The number of nitrogens with zero attached hydrogens (tertiary/aromatic N) is 3. The number of hydrogen-bond donors (Lipinski definition) is 0. The van der Waals surface area contributed by atoms with Crippen molar-refractivity contribution in [2.45, 2.75) is 18.9 Å². The Labute approximate surface area is 146 Å². The first-order chi connectivity index (χ1) is 11.5. The largest absolute Gasteiger partial charge is 0.340 e. The van der Waals surface area contributed by atoms with Crippen LogP contribution in [0.1, 0.15) is 12.0 Å². The predicted molar refractivity (Wildman–Crippen MR) is 89.5 cm³/mol. The Bertz CT molecular complexity index is 671. The van der Waals surface area contributed by atoms with Gasteiger partial charge in [-0.2, -0.15) is 0 Å². The average molecular weight is 350 g/mol. The van der Waals surface area contributed by atoms with Crippen molar-refractivity contribution in [3.63, 3.8) is 0 Å². The molecule has 3 rings (SSSR count). The number of likely N-dealkylation sites (N-methyl/N-ethyl adjacent to an activating group) is 1. The maximum Gasteiger partial charge on any atom is 0.246 e. The standard InChI is InChI=1S/C17H20ClN3O3/c1-19-15(22)11-14(17(19)24)20-6-8-21(9-7-20)16(23)10-12-4-2-3-5-13(12)18/h2-5,14H,6-11H2,1H3. The second-order valence-electron chi connectivity index (χ2n) is 6.20. The molecule has 24 heavy (non-hydrogen) atoms. The van der Waals surface area contributed by atoms with Gasteiger partial charge in [0, 0.05) is 38.2 Å². The molecular formula is C17H20ClN3O3. The van der Waals surface area contributed by atoms with Gasteiger partial charge in [0.2, 0.25) is 17.7 Å². The van der Waals surface area contributed by atoms with Gasteiger partial charge < -0.3 is 4.90 Å². The first-order valence-electron chi connectivity index (χ1n) is 8.03. The van der Waals surface area contributed by atoms with Gasteiger partial charge in [-0.1, -0.05) is 29.8 Å². The van der Waals surface area contributed by atoms with E-state index < -0.39 is 0 Å². The molecule has 7 heteroatoms. The summed E-state index contributed by atoms with van der Waals surface area (Å²) in [6.45, 7) is 2.33. The number of carbonyl (C=O) groups is 3. The fourth-order valence-corrected chi connectivity index (χ4v) is 3.42. The van der Waals surface area contributed by atoms with Crippen LogP contribution < -0.4 is 0 Å². The van der Waals surface area contributed by atoms with Crippen LogP contribution in [0.15, 0.2) is 24.3 Å². The fraction of sp³-hybridized carbons (Fsp3) is 0.471. The SMILES string of the molecule is CN1C(=O)CC(N2CCN(C(=O)Cc3ccccc3Cl)CC2)C1=O. The molecule has 0 radical (unpaired) electrons. The summed E-state index contributed by atoms with van der Waals surface area (Å²) in [6, 6.07) is 6.97. The molecule has 1 aromatic carbocycles.